The number of hydrogen-bond acceptors (Lipinski definition) is 3. The summed E-state index contributed by atoms with van der Waals surface area (Å²) < 4.78 is 0. The van der Waals surface area contributed by atoms with Crippen LogP contribution in [0.5, 0.6) is 0 Å². The molecule has 0 aliphatic carbocycles. The third kappa shape index (κ3) is 2.92. The lowest BCUT2D eigenvalue weighted by atomic mass is 9.76. The molecule has 0 aromatic heterocycles. The fourth-order valence-corrected chi connectivity index (χ4v) is 2.22. The van der Waals surface area contributed by atoms with Crippen molar-refractivity contribution in [2.75, 3.05) is 26.2 Å². The number of likely N-dealkylation sites (tertiary alicyclic amines) is 1. The van der Waals surface area contributed by atoms with E-state index in [-0.39, 0.29) is 6.61 Å². The Balaban J connectivity index is 2.42. The Morgan fingerprint density at radius 1 is 1.40 bits per heavy atom. The van der Waals surface area contributed by atoms with Gasteiger partial charge in [-0.1, -0.05) is 6.92 Å². The SMILES string of the molecule is CCC1(C(=O)O)CCN(CCCO)CC1. The number of aliphatic hydroxyl groups is 1. The minimum atomic E-state index is -0.646. The number of carbonyl (C=O) groups is 1. The van der Waals surface area contributed by atoms with E-state index in [4.69, 9.17) is 5.11 Å². The Morgan fingerprint density at radius 3 is 2.40 bits per heavy atom. The van der Waals surface area contributed by atoms with Gasteiger partial charge in [0, 0.05) is 13.2 Å². The average molecular weight is 215 g/mol. The molecule has 2 N–H and O–H groups in total. The molecule has 1 fully saturated rings. The van der Waals surface area contributed by atoms with Crippen LogP contribution in [-0.4, -0.2) is 47.3 Å². The van der Waals surface area contributed by atoms with Crippen molar-refractivity contribution < 1.29 is 15.0 Å². The summed E-state index contributed by atoms with van der Waals surface area (Å²) in [6, 6.07) is 0. The van der Waals surface area contributed by atoms with Gasteiger partial charge in [-0.15, -0.1) is 0 Å². The molecule has 0 atom stereocenters. The molecule has 1 aliphatic rings. The van der Waals surface area contributed by atoms with Crippen LogP contribution in [0, 0.1) is 5.41 Å². The van der Waals surface area contributed by atoms with E-state index in [1.165, 1.54) is 0 Å². The highest BCUT2D eigenvalue weighted by molar-refractivity contribution is 5.74. The second-order valence-corrected chi connectivity index (χ2v) is 4.36. The van der Waals surface area contributed by atoms with Gasteiger partial charge < -0.3 is 15.1 Å². The van der Waals surface area contributed by atoms with E-state index >= 15 is 0 Å². The van der Waals surface area contributed by atoms with E-state index < -0.39 is 11.4 Å². The van der Waals surface area contributed by atoms with Gasteiger partial charge in [-0.25, -0.2) is 0 Å². The standard InChI is InChI=1S/C11H21NO3/c1-2-11(10(14)15)4-7-12(8-5-11)6-3-9-13/h13H,2-9H2,1H3,(H,14,15). The van der Waals surface area contributed by atoms with Crippen LogP contribution < -0.4 is 0 Å². The molecule has 0 aromatic carbocycles. The monoisotopic (exact) mass is 215 g/mol. The third-order valence-electron chi connectivity index (χ3n) is 3.58. The van der Waals surface area contributed by atoms with Crippen molar-refractivity contribution in [1.82, 2.24) is 4.90 Å². The molecule has 88 valence electrons. The molecule has 0 bridgehead atoms. The smallest absolute Gasteiger partial charge is 0.309 e. The van der Waals surface area contributed by atoms with E-state index in [1.54, 1.807) is 0 Å². The van der Waals surface area contributed by atoms with Crippen LogP contribution in [-0.2, 0) is 4.79 Å². The maximum absolute atomic E-state index is 11.2. The van der Waals surface area contributed by atoms with Crippen molar-refractivity contribution in [3.8, 4) is 0 Å². The molecule has 1 saturated heterocycles. The maximum atomic E-state index is 11.2. The second-order valence-electron chi connectivity index (χ2n) is 4.36. The van der Waals surface area contributed by atoms with E-state index in [1.807, 2.05) is 6.92 Å². The summed E-state index contributed by atoms with van der Waals surface area (Å²) in [7, 11) is 0. The first-order valence-corrected chi connectivity index (χ1v) is 5.71. The van der Waals surface area contributed by atoms with E-state index in [0.29, 0.717) is 0 Å². The number of hydrogen-bond donors (Lipinski definition) is 2. The van der Waals surface area contributed by atoms with E-state index in [2.05, 4.69) is 4.90 Å². The van der Waals surface area contributed by atoms with E-state index in [0.717, 1.165) is 45.3 Å². The molecule has 0 saturated carbocycles. The number of aliphatic carboxylic acids is 1. The first-order chi connectivity index (χ1) is 7.14. The Kier molecular flexibility index (Phi) is 4.54. The zero-order chi connectivity index (χ0) is 11.3. The zero-order valence-corrected chi connectivity index (χ0v) is 9.41. The third-order valence-corrected chi connectivity index (χ3v) is 3.58. The summed E-state index contributed by atoms with van der Waals surface area (Å²) >= 11 is 0. The highest BCUT2D eigenvalue weighted by Gasteiger charge is 2.39. The molecule has 0 unspecified atom stereocenters. The van der Waals surface area contributed by atoms with Crippen LogP contribution in [0.4, 0.5) is 0 Å². The summed E-state index contributed by atoms with van der Waals surface area (Å²) in [5, 5.41) is 17.9. The summed E-state index contributed by atoms with van der Waals surface area (Å²) in [6.07, 6.45) is 2.98. The molecule has 1 heterocycles. The molecular formula is C11H21NO3. The molecule has 1 rings (SSSR count). The molecule has 4 nitrogen and oxygen atoms in total. The predicted octanol–water partition coefficient (Wildman–Crippen LogP) is 0.946. The first kappa shape index (κ1) is 12.5. The number of piperidine rings is 1. The van der Waals surface area contributed by atoms with Gasteiger partial charge in [-0.05, 0) is 38.8 Å². The fraction of sp³-hybridized carbons (Fsp3) is 0.909. The van der Waals surface area contributed by atoms with Gasteiger partial charge in [-0.3, -0.25) is 4.79 Å². The Morgan fingerprint density at radius 2 is 2.00 bits per heavy atom. The Hall–Kier alpha value is -0.610. The molecule has 4 heteroatoms. The quantitative estimate of drug-likeness (QED) is 0.716. The lowest BCUT2D eigenvalue weighted by Gasteiger charge is -2.38. The summed E-state index contributed by atoms with van der Waals surface area (Å²) in [4.78, 5) is 13.4. The van der Waals surface area contributed by atoms with Gasteiger partial charge in [0.15, 0.2) is 0 Å². The van der Waals surface area contributed by atoms with Crippen molar-refractivity contribution in [2.45, 2.75) is 32.6 Å². The van der Waals surface area contributed by atoms with Gasteiger partial charge >= 0.3 is 5.97 Å². The number of nitrogens with zero attached hydrogens (tertiary/aromatic N) is 1. The van der Waals surface area contributed by atoms with Crippen LogP contribution in [0.15, 0.2) is 0 Å². The Bertz CT molecular complexity index is 210. The summed E-state index contributed by atoms with van der Waals surface area (Å²) in [5.74, 6) is -0.646. The van der Waals surface area contributed by atoms with Crippen molar-refractivity contribution in [3.05, 3.63) is 0 Å². The van der Waals surface area contributed by atoms with Crippen LogP contribution in [0.2, 0.25) is 0 Å². The highest BCUT2D eigenvalue weighted by Crippen LogP contribution is 2.34. The van der Waals surface area contributed by atoms with Gasteiger partial charge in [0.2, 0.25) is 0 Å². The van der Waals surface area contributed by atoms with Gasteiger partial charge in [0.1, 0.15) is 0 Å². The topological polar surface area (TPSA) is 60.8 Å². The van der Waals surface area contributed by atoms with Crippen molar-refractivity contribution in [2.24, 2.45) is 5.41 Å². The van der Waals surface area contributed by atoms with Gasteiger partial charge in [-0.2, -0.15) is 0 Å². The van der Waals surface area contributed by atoms with Gasteiger partial charge in [0.25, 0.3) is 0 Å². The molecule has 1 aliphatic heterocycles. The summed E-state index contributed by atoms with van der Waals surface area (Å²) in [5.41, 5.74) is -0.490. The maximum Gasteiger partial charge on any atom is 0.309 e. The largest absolute Gasteiger partial charge is 0.481 e. The highest BCUT2D eigenvalue weighted by atomic mass is 16.4. The lowest BCUT2D eigenvalue weighted by Crippen LogP contribution is -2.44. The molecule has 0 radical (unpaired) electrons. The first-order valence-electron chi connectivity index (χ1n) is 5.71. The normalized spacial score (nSPS) is 21.5. The molecule has 0 amide bonds. The number of rotatable bonds is 5. The molecule has 0 spiro atoms. The minimum Gasteiger partial charge on any atom is -0.481 e. The number of carboxylic acids is 1. The molecule has 15 heavy (non-hydrogen) atoms. The Labute approximate surface area is 90.9 Å². The van der Waals surface area contributed by atoms with E-state index in [9.17, 15) is 9.90 Å². The minimum absolute atomic E-state index is 0.217. The average Bonchev–Trinajstić information content (AvgIpc) is 2.27. The van der Waals surface area contributed by atoms with Crippen LogP contribution in [0.1, 0.15) is 32.6 Å². The number of carboxylic acid groups (broad SMARTS) is 1. The van der Waals surface area contributed by atoms with Crippen molar-refractivity contribution in [1.29, 1.82) is 0 Å². The van der Waals surface area contributed by atoms with Crippen LogP contribution >= 0.6 is 0 Å². The van der Waals surface area contributed by atoms with Crippen molar-refractivity contribution >= 4 is 5.97 Å². The summed E-state index contributed by atoms with van der Waals surface area (Å²) in [6.45, 7) is 4.75. The van der Waals surface area contributed by atoms with Crippen LogP contribution in [0.3, 0.4) is 0 Å². The van der Waals surface area contributed by atoms with Crippen molar-refractivity contribution in [3.63, 3.8) is 0 Å². The lowest BCUT2D eigenvalue weighted by molar-refractivity contribution is -0.152. The molecular weight excluding hydrogens is 194 g/mol. The molecule has 0 aromatic rings. The van der Waals surface area contributed by atoms with Crippen LogP contribution in [0.25, 0.3) is 0 Å². The second kappa shape index (κ2) is 5.47. The number of aliphatic hydroxyl groups excluding tert-OH is 1. The fourth-order valence-electron chi connectivity index (χ4n) is 2.22. The van der Waals surface area contributed by atoms with Gasteiger partial charge in [0.05, 0.1) is 5.41 Å². The zero-order valence-electron chi connectivity index (χ0n) is 9.41. The predicted molar refractivity (Wildman–Crippen MR) is 57.7 cm³/mol.